The molecule has 0 fully saturated rings. The lowest BCUT2D eigenvalue weighted by molar-refractivity contribution is 0.680. The van der Waals surface area contributed by atoms with Crippen molar-refractivity contribution in [2.75, 3.05) is 0 Å². The van der Waals surface area contributed by atoms with E-state index in [1.807, 2.05) is 19.1 Å². The van der Waals surface area contributed by atoms with Crippen molar-refractivity contribution in [2.24, 2.45) is 5.92 Å². The Morgan fingerprint density at radius 1 is 1.14 bits per heavy atom. The van der Waals surface area contributed by atoms with Crippen molar-refractivity contribution in [3.8, 4) is 6.07 Å². The number of rotatable bonds is 6. The van der Waals surface area contributed by atoms with E-state index in [0.717, 1.165) is 18.4 Å². The Labute approximate surface area is 132 Å². The van der Waals surface area contributed by atoms with Crippen LogP contribution in [-0.4, -0.2) is 5.71 Å². The van der Waals surface area contributed by atoms with Crippen molar-refractivity contribution in [1.29, 1.82) is 10.7 Å². The molecule has 0 saturated heterocycles. The molecule has 2 nitrogen and oxygen atoms in total. The van der Waals surface area contributed by atoms with E-state index in [-0.39, 0.29) is 5.92 Å². The quantitative estimate of drug-likeness (QED) is 0.756. The summed E-state index contributed by atoms with van der Waals surface area (Å²) in [6.07, 6.45) is 2.16. The van der Waals surface area contributed by atoms with Gasteiger partial charge in [-0.1, -0.05) is 55.5 Å². The molecule has 2 aromatic carbocycles. The first-order valence-corrected chi connectivity index (χ1v) is 7.75. The van der Waals surface area contributed by atoms with Crippen molar-refractivity contribution < 1.29 is 0 Å². The zero-order valence-corrected chi connectivity index (χ0v) is 13.3. The van der Waals surface area contributed by atoms with E-state index in [2.05, 4.69) is 49.4 Å². The summed E-state index contributed by atoms with van der Waals surface area (Å²) in [5.41, 5.74) is 5.39. The number of hydrogen-bond acceptors (Lipinski definition) is 2. The van der Waals surface area contributed by atoms with Crippen LogP contribution in [0.2, 0.25) is 0 Å². The molecular formula is C20H22N2. The summed E-state index contributed by atoms with van der Waals surface area (Å²) in [5, 5.41) is 17.1. The molecule has 0 bridgehead atoms. The van der Waals surface area contributed by atoms with Crippen molar-refractivity contribution in [1.82, 2.24) is 0 Å². The van der Waals surface area contributed by atoms with E-state index >= 15 is 0 Å². The molecule has 0 spiro atoms. The third-order valence-corrected chi connectivity index (χ3v) is 4.16. The number of nitrogens with zero attached hydrogens (tertiary/aromatic N) is 1. The van der Waals surface area contributed by atoms with Gasteiger partial charge in [0.1, 0.15) is 0 Å². The maximum Gasteiger partial charge on any atom is 0.0628 e. The van der Waals surface area contributed by atoms with Gasteiger partial charge in [-0.3, -0.25) is 0 Å². The Hall–Kier alpha value is -2.40. The fraction of sp³-hybridized carbons (Fsp3) is 0.300. The zero-order chi connectivity index (χ0) is 15.9. The van der Waals surface area contributed by atoms with Gasteiger partial charge >= 0.3 is 0 Å². The van der Waals surface area contributed by atoms with Crippen molar-refractivity contribution in [3.05, 3.63) is 70.8 Å². The van der Waals surface area contributed by atoms with Gasteiger partial charge in [0.15, 0.2) is 0 Å². The predicted molar refractivity (Wildman–Crippen MR) is 91.3 cm³/mol. The molecule has 0 heterocycles. The fourth-order valence-electron chi connectivity index (χ4n) is 2.63. The Balaban J connectivity index is 2.12. The summed E-state index contributed by atoms with van der Waals surface area (Å²) >= 11 is 0. The lowest BCUT2D eigenvalue weighted by Gasteiger charge is -2.13. The summed E-state index contributed by atoms with van der Waals surface area (Å²) in [5.74, 6) is 0.0345. The third-order valence-electron chi connectivity index (χ3n) is 4.16. The summed E-state index contributed by atoms with van der Waals surface area (Å²) in [6, 6.07) is 18.8. The summed E-state index contributed by atoms with van der Waals surface area (Å²) < 4.78 is 0. The number of nitrogens with one attached hydrogen (secondary N) is 1. The largest absolute Gasteiger partial charge is 0.304 e. The van der Waals surface area contributed by atoms with Gasteiger partial charge < -0.3 is 5.41 Å². The van der Waals surface area contributed by atoms with E-state index in [0.29, 0.717) is 12.1 Å². The molecule has 0 aromatic heterocycles. The predicted octanol–water partition coefficient (Wildman–Crippen LogP) is 4.89. The van der Waals surface area contributed by atoms with E-state index in [1.54, 1.807) is 0 Å². The minimum Gasteiger partial charge on any atom is -0.304 e. The number of hydrogen-bond donors (Lipinski definition) is 1. The summed E-state index contributed by atoms with van der Waals surface area (Å²) in [6.45, 7) is 4.16. The van der Waals surface area contributed by atoms with Gasteiger partial charge in [-0.15, -0.1) is 0 Å². The number of nitriles is 1. The van der Waals surface area contributed by atoms with E-state index in [4.69, 9.17) is 10.7 Å². The Bertz CT molecular complexity index is 678. The second-order valence-electron chi connectivity index (χ2n) is 5.68. The Morgan fingerprint density at radius 3 is 2.41 bits per heavy atom. The smallest absolute Gasteiger partial charge is 0.0628 e. The molecule has 1 atom stereocenters. The highest BCUT2D eigenvalue weighted by Crippen LogP contribution is 2.18. The molecular weight excluding hydrogens is 268 g/mol. The summed E-state index contributed by atoms with van der Waals surface area (Å²) in [7, 11) is 0. The lowest BCUT2D eigenvalue weighted by Crippen LogP contribution is -2.13. The van der Waals surface area contributed by atoms with Gasteiger partial charge in [0.2, 0.25) is 0 Å². The maximum atomic E-state index is 8.85. The van der Waals surface area contributed by atoms with Crippen LogP contribution in [0.25, 0.3) is 0 Å². The Morgan fingerprint density at radius 2 is 1.82 bits per heavy atom. The number of benzene rings is 2. The molecule has 0 radical (unpaired) electrons. The van der Waals surface area contributed by atoms with Crippen LogP contribution in [0, 0.1) is 29.6 Å². The normalized spacial score (nSPS) is 11.7. The standard InChI is InChI=1S/C20H22N2/c1-3-17(12-13-21)20(22)18-10-8-16(9-11-18)14-19-7-5-4-6-15(19)2/h4-11,17,22H,3,12,14H2,1-2H3/t17-/m0/s1. The molecule has 112 valence electrons. The highest BCUT2D eigenvalue weighted by Gasteiger charge is 2.14. The molecule has 0 aliphatic carbocycles. The van der Waals surface area contributed by atoms with Gasteiger partial charge in [-0.05, 0) is 42.0 Å². The SMILES string of the molecule is CC[C@@H](CC#N)C(=N)c1ccc(Cc2ccccc2C)cc1. The van der Waals surface area contributed by atoms with Gasteiger partial charge in [0, 0.05) is 18.1 Å². The van der Waals surface area contributed by atoms with Crippen LogP contribution < -0.4 is 0 Å². The Kier molecular flexibility index (Phi) is 5.49. The molecule has 0 amide bonds. The minimum absolute atomic E-state index is 0.0345. The maximum absolute atomic E-state index is 8.85. The first kappa shape index (κ1) is 16.0. The van der Waals surface area contributed by atoms with Crippen molar-refractivity contribution in [2.45, 2.75) is 33.1 Å². The second-order valence-corrected chi connectivity index (χ2v) is 5.68. The monoisotopic (exact) mass is 290 g/mol. The van der Waals surface area contributed by atoms with Gasteiger partial charge in [-0.2, -0.15) is 5.26 Å². The van der Waals surface area contributed by atoms with Crippen LogP contribution >= 0.6 is 0 Å². The zero-order valence-electron chi connectivity index (χ0n) is 13.3. The van der Waals surface area contributed by atoms with Crippen molar-refractivity contribution in [3.63, 3.8) is 0 Å². The molecule has 0 aliphatic rings. The topological polar surface area (TPSA) is 47.6 Å². The van der Waals surface area contributed by atoms with E-state index in [1.165, 1.54) is 16.7 Å². The fourth-order valence-corrected chi connectivity index (χ4v) is 2.63. The average Bonchev–Trinajstić information content (AvgIpc) is 2.55. The van der Waals surface area contributed by atoms with Crippen LogP contribution in [0.5, 0.6) is 0 Å². The number of aryl methyl sites for hydroxylation is 1. The van der Waals surface area contributed by atoms with Crippen LogP contribution in [0.15, 0.2) is 48.5 Å². The van der Waals surface area contributed by atoms with E-state index in [9.17, 15) is 0 Å². The van der Waals surface area contributed by atoms with Gasteiger partial charge in [-0.25, -0.2) is 0 Å². The molecule has 22 heavy (non-hydrogen) atoms. The second kappa shape index (κ2) is 7.56. The molecule has 2 aromatic rings. The molecule has 2 heteroatoms. The highest BCUT2D eigenvalue weighted by atomic mass is 14.4. The van der Waals surface area contributed by atoms with Crippen LogP contribution in [-0.2, 0) is 6.42 Å². The molecule has 0 saturated carbocycles. The van der Waals surface area contributed by atoms with Gasteiger partial charge in [0.05, 0.1) is 6.07 Å². The molecule has 1 N–H and O–H groups in total. The highest BCUT2D eigenvalue weighted by molar-refractivity contribution is 6.00. The molecule has 2 rings (SSSR count). The van der Waals surface area contributed by atoms with E-state index < -0.39 is 0 Å². The first-order chi connectivity index (χ1) is 10.7. The summed E-state index contributed by atoms with van der Waals surface area (Å²) in [4.78, 5) is 0. The molecule has 0 unspecified atom stereocenters. The third kappa shape index (κ3) is 3.83. The van der Waals surface area contributed by atoms with Crippen molar-refractivity contribution >= 4 is 5.71 Å². The molecule has 0 aliphatic heterocycles. The minimum atomic E-state index is 0.0345. The average molecular weight is 290 g/mol. The lowest BCUT2D eigenvalue weighted by atomic mass is 9.91. The first-order valence-electron chi connectivity index (χ1n) is 7.75. The van der Waals surface area contributed by atoms with Crippen LogP contribution in [0.1, 0.15) is 42.0 Å². The van der Waals surface area contributed by atoms with Crippen LogP contribution in [0.3, 0.4) is 0 Å². The van der Waals surface area contributed by atoms with Crippen LogP contribution in [0.4, 0.5) is 0 Å². The van der Waals surface area contributed by atoms with Gasteiger partial charge in [0.25, 0.3) is 0 Å².